The molecule has 0 unspecified atom stereocenters. The van der Waals surface area contributed by atoms with Gasteiger partial charge in [-0.25, -0.2) is 4.79 Å². The van der Waals surface area contributed by atoms with Crippen LogP contribution in [-0.2, 0) is 9.53 Å². The summed E-state index contributed by atoms with van der Waals surface area (Å²) in [6.07, 6.45) is 0.0888. The maximum atomic E-state index is 11.1. The van der Waals surface area contributed by atoms with Gasteiger partial charge in [-0.2, -0.15) is 0 Å². The highest BCUT2D eigenvalue weighted by Crippen LogP contribution is 1.91. The summed E-state index contributed by atoms with van der Waals surface area (Å²) in [5, 5.41) is 5.22. The van der Waals surface area contributed by atoms with Gasteiger partial charge in [-0.15, -0.1) is 0 Å². The average molecular weight is 216 g/mol. The molecule has 0 saturated heterocycles. The number of rotatable bonds is 5. The standard InChI is InChI=1S/C10H20N2O3/c1-7(2)12-10(14)11-6-5-9(13)15-8(3)4/h7-8H,5-6H2,1-4H3,(H2,11,12,14). The first kappa shape index (κ1) is 13.7. The monoisotopic (exact) mass is 216 g/mol. The van der Waals surface area contributed by atoms with Crippen molar-refractivity contribution in [1.29, 1.82) is 0 Å². The van der Waals surface area contributed by atoms with Crippen molar-refractivity contribution in [2.75, 3.05) is 6.54 Å². The Morgan fingerprint density at radius 2 is 1.80 bits per heavy atom. The number of hydrogen-bond donors (Lipinski definition) is 2. The molecule has 2 amide bonds. The number of ether oxygens (including phenoxy) is 1. The zero-order valence-electron chi connectivity index (χ0n) is 9.79. The SMILES string of the molecule is CC(C)NC(=O)NCCC(=O)OC(C)C. The molecular formula is C10H20N2O3. The molecule has 0 aromatic heterocycles. The van der Waals surface area contributed by atoms with E-state index in [-0.39, 0.29) is 30.6 Å². The van der Waals surface area contributed by atoms with E-state index >= 15 is 0 Å². The van der Waals surface area contributed by atoms with Gasteiger partial charge in [-0.05, 0) is 27.7 Å². The Bertz CT molecular complexity index is 193. The second-order valence-corrected chi connectivity index (χ2v) is 3.84. The second-order valence-electron chi connectivity index (χ2n) is 3.84. The molecule has 0 spiro atoms. The zero-order chi connectivity index (χ0) is 11.8. The molecule has 0 radical (unpaired) electrons. The Morgan fingerprint density at radius 3 is 2.27 bits per heavy atom. The van der Waals surface area contributed by atoms with E-state index in [1.165, 1.54) is 0 Å². The van der Waals surface area contributed by atoms with Crippen molar-refractivity contribution in [2.24, 2.45) is 0 Å². The molecule has 5 heteroatoms. The second kappa shape index (κ2) is 7.09. The van der Waals surface area contributed by atoms with Gasteiger partial charge in [0.15, 0.2) is 0 Å². The summed E-state index contributed by atoms with van der Waals surface area (Å²) < 4.78 is 4.90. The van der Waals surface area contributed by atoms with E-state index in [4.69, 9.17) is 4.74 Å². The van der Waals surface area contributed by atoms with Crippen LogP contribution in [0, 0.1) is 0 Å². The minimum absolute atomic E-state index is 0.0904. The number of carbonyl (C=O) groups excluding carboxylic acids is 2. The molecule has 0 fully saturated rings. The van der Waals surface area contributed by atoms with Gasteiger partial charge in [0.25, 0.3) is 0 Å². The summed E-state index contributed by atoms with van der Waals surface area (Å²) in [7, 11) is 0. The number of carbonyl (C=O) groups is 2. The van der Waals surface area contributed by atoms with E-state index in [2.05, 4.69) is 10.6 Å². The number of nitrogens with one attached hydrogen (secondary N) is 2. The Kier molecular flexibility index (Phi) is 6.49. The van der Waals surface area contributed by atoms with Gasteiger partial charge in [-0.3, -0.25) is 4.79 Å². The highest BCUT2D eigenvalue weighted by molar-refractivity contribution is 5.75. The van der Waals surface area contributed by atoms with Gasteiger partial charge >= 0.3 is 12.0 Å². The summed E-state index contributed by atoms with van der Waals surface area (Å²) in [4.78, 5) is 22.1. The van der Waals surface area contributed by atoms with Crippen molar-refractivity contribution in [3.63, 3.8) is 0 Å². The van der Waals surface area contributed by atoms with Crippen LogP contribution in [0.25, 0.3) is 0 Å². The predicted octanol–water partition coefficient (Wildman–Crippen LogP) is 1.04. The normalized spacial score (nSPS) is 10.3. The fourth-order valence-corrected chi connectivity index (χ4v) is 0.913. The van der Waals surface area contributed by atoms with Crippen molar-refractivity contribution in [1.82, 2.24) is 10.6 Å². The first-order valence-corrected chi connectivity index (χ1v) is 5.15. The number of esters is 1. The third kappa shape index (κ3) is 9.05. The minimum atomic E-state index is -0.296. The van der Waals surface area contributed by atoms with Crippen LogP contribution in [0.4, 0.5) is 4.79 Å². The van der Waals surface area contributed by atoms with E-state index in [1.54, 1.807) is 13.8 Å². The minimum Gasteiger partial charge on any atom is -0.463 e. The molecule has 88 valence electrons. The van der Waals surface area contributed by atoms with Gasteiger partial charge in [0.05, 0.1) is 12.5 Å². The topological polar surface area (TPSA) is 67.4 Å². The van der Waals surface area contributed by atoms with E-state index in [0.717, 1.165) is 0 Å². The summed E-state index contributed by atoms with van der Waals surface area (Å²) in [5.41, 5.74) is 0. The van der Waals surface area contributed by atoms with Crippen LogP contribution in [0.2, 0.25) is 0 Å². The van der Waals surface area contributed by atoms with E-state index < -0.39 is 0 Å². The number of urea groups is 1. The Hall–Kier alpha value is -1.26. The van der Waals surface area contributed by atoms with Crippen LogP contribution in [-0.4, -0.2) is 30.7 Å². The van der Waals surface area contributed by atoms with Crippen molar-refractivity contribution in [3.8, 4) is 0 Å². The van der Waals surface area contributed by atoms with Crippen molar-refractivity contribution >= 4 is 12.0 Å². The largest absolute Gasteiger partial charge is 0.463 e. The van der Waals surface area contributed by atoms with Gasteiger partial charge < -0.3 is 15.4 Å². The molecule has 2 N–H and O–H groups in total. The Balaban J connectivity index is 3.53. The molecule has 0 atom stereocenters. The van der Waals surface area contributed by atoms with Gasteiger partial charge in [0.1, 0.15) is 0 Å². The first-order valence-electron chi connectivity index (χ1n) is 5.15. The molecule has 0 rings (SSSR count). The van der Waals surface area contributed by atoms with Crippen LogP contribution >= 0.6 is 0 Å². The van der Waals surface area contributed by atoms with Crippen LogP contribution in [0.3, 0.4) is 0 Å². The fraction of sp³-hybridized carbons (Fsp3) is 0.800. The van der Waals surface area contributed by atoms with Crippen molar-refractivity contribution < 1.29 is 14.3 Å². The molecule has 0 aromatic rings. The lowest BCUT2D eigenvalue weighted by atomic mass is 10.4. The maximum absolute atomic E-state index is 11.1. The smallest absolute Gasteiger partial charge is 0.315 e. The van der Waals surface area contributed by atoms with Crippen LogP contribution in [0.5, 0.6) is 0 Å². The highest BCUT2D eigenvalue weighted by atomic mass is 16.5. The maximum Gasteiger partial charge on any atom is 0.315 e. The third-order valence-corrected chi connectivity index (χ3v) is 1.40. The van der Waals surface area contributed by atoms with Crippen molar-refractivity contribution in [2.45, 2.75) is 46.3 Å². The van der Waals surface area contributed by atoms with E-state index in [9.17, 15) is 9.59 Å². The molecule has 0 aliphatic carbocycles. The summed E-state index contributed by atoms with van der Waals surface area (Å²) >= 11 is 0. The number of hydrogen-bond acceptors (Lipinski definition) is 3. The molecule has 0 heterocycles. The Labute approximate surface area is 90.6 Å². The lowest BCUT2D eigenvalue weighted by molar-refractivity contribution is -0.147. The molecule has 15 heavy (non-hydrogen) atoms. The van der Waals surface area contributed by atoms with Gasteiger partial charge in [-0.1, -0.05) is 0 Å². The molecule has 0 aromatic carbocycles. The predicted molar refractivity (Wildman–Crippen MR) is 57.5 cm³/mol. The van der Waals surface area contributed by atoms with E-state index in [0.29, 0.717) is 6.54 Å². The fourth-order valence-electron chi connectivity index (χ4n) is 0.913. The Morgan fingerprint density at radius 1 is 1.20 bits per heavy atom. The summed E-state index contributed by atoms with van der Waals surface area (Å²) in [6.45, 7) is 7.61. The molecule has 0 aliphatic rings. The lowest BCUT2D eigenvalue weighted by Gasteiger charge is -2.10. The van der Waals surface area contributed by atoms with E-state index in [1.807, 2.05) is 13.8 Å². The molecule has 0 saturated carbocycles. The quantitative estimate of drug-likeness (QED) is 0.675. The number of amides is 2. The molecule has 0 aliphatic heterocycles. The van der Waals surface area contributed by atoms with Crippen LogP contribution in [0.15, 0.2) is 0 Å². The average Bonchev–Trinajstić information content (AvgIpc) is 2.00. The molecule has 5 nitrogen and oxygen atoms in total. The first-order chi connectivity index (χ1) is 6.91. The lowest BCUT2D eigenvalue weighted by Crippen LogP contribution is -2.40. The van der Waals surface area contributed by atoms with Crippen LogP contribution < -0.4 is 10.6 Å². The molecule has 0 bridgehead atoms. The molecular weight excluding hydrogens is 196 g/mol. The van der Waals surface area contributed by atoms with Crippen LogP contribution in [0.1, 0.15) is 34.1 Å². The van der Waals surface area contributed by atoms with Gasteiger partial charge in [0.2, 0.25) is 0 Å². The third-order valence-electron chi connectivity index (χ3n) is 1.40. The van der Waals surface area contributed by atoms with Crippen molar-refractivity contribution in [3.05, 3.63) is 0 Å². The zero-order valence-corrected chi connectivity index (χ0v) is 9.79. The summed E-state index contributed by atoms with van der Waals surface area (Å²) in [5.74, 6) is -0.296. The highest BCUT2D eigenvalue weighted by Gasteiger charge is 2.06. The summed E-state index contributed by atoms with van der Waals surface area (Å²) in [6, 6.07) is -0.171. The van der Waals surface area contributed by atoms with Gasteiger partial charge in [0, 0.05) is 12.6 Å².